The van der Waals surface area contributed by atoms with Gasteiger partial charge in [-0.3, -0.25) is 14.8 Å². The number of hydrogen-bond donors (Lipinski definition) is 1. The van der Waals surface area contributed by atoms with Crippen molar-refractivity contribution in [1.29, 1.82) is 0 Å². The predicted molar refractivity (Wildman–Crippen MR) is 95.4 cm³/mol. The summed E-state index contributed by atoms with van der Waals surface area (Å²) in [5.41, 5.74) is 2.53. The van der Waals surface area contributed by atoms with Crippen molar-refractivity contribution in [2.24, 2.45) is 0 Å². The molecule has 1 aliphatic heterocycles. The van der Waals surface area contributed by atoms with Gasteiger partial charge in [-0.2, -0.15) is 0 Å². The number of nitrogens with one attached hydrogen (secondary N) is 1. The van der Waals surface area contributed by atoms with Crippen molar-refractivity contribution in [2.75, 3.05) is 6.61 Å². The van der Waals surface area contributed by atoms with Crippen molar-refractivity contribution in [3.8, 4) is 0 Å². The van der Waals surface area contributed by atoms with E-state index in [1.165, 1.54) is 10.1 Å². The molecule has 0 aliphatic carbocycles. The van der Waals surface area contributed by atoms with Crippen molar-refractivity contribution < 1.29 is 4.74 Å². The highest BCUT2D eigenvalue weighted by Gasteiger charge is 2.34. The second kappa shape index (κ2) is 6.46. The maximum absolute atomic E-state index is 12.2. The first-order chi connectivity index (χ1) is 12.1. The molecule has 3 aromatic rings. The fourth-order valence-electron chi connectivity index (χ4n) is 3.62. The third-order valence-corrected chi connectivity index (χ3v) is 4.95. The Kier molecular flexibility index (Phi) is 4.15. The van der Waals surface area contributed by atoms with Crippen LogP contribution in [0.3, 0.4) is 0 Å². The summed E-state index contributed by atoms with van der Waals surface area (Å²) in [4.78, 5) is 19.2. The molecule has 3 unspecified atom stereocenters. The smallest absolute Gasteiger partial charge is 0.272 e. The topological polar surface area (TPSA) is 62.6 Å². The average Bonchev–Trinajstić information content (AvgIpc) is 3.08. The van der Waals surface area contributed by atoms with Crippen molar-refractivity contribution in [3.63, 3.8) is 0 Å². The van der Waals surface area contributed by atoms with Gasteiger partial charge in [0.05, 0.1) is 18.4 Å². The van der Waals surface area contributed by atoms with E-state index in [1.807, 2.05) is 24.3 Å². The third kappa shape index (κ3) is 2.99. The largest absolute Gasteiger partial charge is 0.370 e. The minimum absolute atomic E-state index is 0.0227. The Labute approximate surface area is 146 Å². The van der Waals surface area contributed by atoms with Crippen LogP contribution >= 0.6 is 0 Å². The van der Waals surface area contributed by atoms with Gasteiger partial charge in [-0.25, -0.2) is 9.50 Å². The van der Waals surface area contributed by atoms with Gasteiger partial charge < -0.3 is 4.74 Å². The number of aromatic amines is 1. The molecule has 1 aliphatic rings. The highest BCUT2D eigenvalue weighted by molar-refractivity contribution is 5.36. The van der Waals surface area contributed by atoms with E-state index in [-0.39, 0.29) is 23.7 Å². The average molecular weight is 338 g/mol. The van der Waals surface area contributed by atoms with Gasteiger partial charge in [-0.05, 0) is 19.4 Å². The molecule has 3 atom stereocenters. The zero-order valence-electron chi connectivity index (χ0n) is 14.4. The van der Waals surface area contributed by atoms with Gasteiger partial charge in [-0.1, -0.05) is 30.3 Å². The molecule has 25 heavy (non-hydrogen) atoms. The molecule has 2 aromatic heterocycles. The number of rotatable bonds is 3. The maximum atomic E-state index is 12.2. The first kappa shape index (κ1) is 16.1. The van der Waals surface area contributed by atoms with E-state index >= 15 is 0 Å². The van der Waals surface area contributed by atoms with E-state index in [4.69, 9.17) is 4.74 Å². The molecule has 1 saturated heterocycles. The number of ether oxygens (including phenoxy) is 1. The highest BCUT2D eigenvalue weighted by atomic mass is 16.5. The quantitative estimate of drug-likeness (QED) is 0.796. The molecule has 1 fully saturated rings. The first-order valence-corrected chi connectivity index (χ1v) is 8.62. The molecule has 0 spiro atoms. The van der Waals surface area contributed by atoms with Crippen LogP contribution in [0.2, 0.25) is 0 Å². The van der Waals surface area contributed by atoms with Crippen molar-refractivity contribution in [2.45, 2.75) is 38.6 Å². The van der Waals surface area contributed by atoms with Crippen molar-refractivity contribution in [1.82, 2.24) is 19.5 Å². The summed E-state index contributed by atoms with van der Waals surface area (Å²) in [6.07, 6.45) is 1.74. The Morgan fingerprint density at radius 1 is 1.24 bits per heavy atom. The SMILES string of the molecule is CC1COC(c2ccccc2)C(C)N1Cc1cc(=O)n2[nH]ccc2n1. The Balaban J connectivity index is 1.62. The van der Waals surface area contributed by atoms with Crippen molar-refractivity contribution in [3.05, 3.63) is 70.3 Å². The number of hydrogen-bond acceptors (Lipinski definition) is 4. The van der Waals surface area contributed by atoms with Crippen LogP contribution in [0.5, 0.6) is 0 Å². The second-order valence-corrected chi connectivity index (χ2v) is 6.67. The molecular weight excluding hydrogens is 316 g/mol. The monoisotopic (exact) mass is 338 g/mol. The first-order valence-electron chi connectivity index (χ1n) is 8.62. The summed E-state index contributed by atoms with van der Waals surface area (Å²) < 4.78 is 7.55. The molecule has 6 heteroatoms. The van der Waals surface area contributed by atoms with Crippen LogP contribution in [-0.4, -0.2) is 38.2 Å². The van der Waals surface area contributed by atoms with E-state index in [0.717, 1.165) is 5.69 Å². The van der Waals surface area contributed by atoms with Crippen LogP contribution in [0.1, 0.15) is 31.2 Å². The van der Waals surface area contributed by atoms with Gasteiger partial charge in [0.25, 0.3) is 5.56 Å². The molecule has 130 valence electrons. The number of morpholine rings is 1. The summed E-state index contributed by atoms with van der Waals surface area (Å²) in [6.45, 7) is 5.62. The van der Waals surface area contributed by atoms with Crippen LogP contribution in [-0.2, 0) is 11.3 Å². The molecule has 6 nitrogen and oxygen atoms in total. The van der Waals surface area contributed by atoms with E-state index in [1.54, 1.807) is 12.3 Å². The second-order valence-electron chi connectivity index (χ2n) is 6.67. The lowest BCUT2D eigenvalue weighted by atomic mass is 9.98. The lowest BCUT2D eigenvalue weighted by molar-refractivity contribution is -0.0996. The minimum atomic E-state index is -0.0850. The van der Waals surface area contributed by atoms with Crippen LogP contribution in [0.15, 0.2) is 53.5 Å². The number of H-pyrrole nitrogens is 1. The van der Waals surface area contributed by atoms with Crippen LogP contribution in [0, 0.1) is 0 Å². The minimum Gasteiger partial charge on any atom is -0.370 e. The summed E-state index contributed by atoms with van der Waals surface area (Å²) >= 11 is 0. The highest BCUT2D eigenvalue weighted by Crippen LogP contribution is 2.31. The van der Waals surface area contributed by atoms with E-state index in [0.29, 0.717) is 18.8 Å². The number of benzene rings is 1. The van der Waals surface area contributed by atoms with Gasteiger partial charge >= 0.3 is 0 Å². The zero-order valence-corrected chi connectivity index (χ0v) is 14.4. The van der Waals surface area contributed by atoms with Crippen LogP contribution in [0.4, 0.5) is 0 Å². The Bertz CT molecular complexity index is 918. The van der Waals surface area contributed by atoms with Crippen molar-refractivity contribution >= 4 is 5.65 Å². The standard InChI is InChI=1S/C19H22N4O2/c1-13-12-25-19(15-6-4-3-5-7-15)14(2)22(13)11-16-10-18(24)23-17(21-16)8-9-20-23/h3-10,13-14,19-20H,11-12H2,1-2H3. The molecule has 0 saturated carbocycles. The molecule has 0 amide bonds. The van der Waals surface area contributed by atoms with Crippen LogP contribution < -0.4 is 5.56 Å². The van der Waals surface area contributed by atoms with E-state index in [2.05, 4.69) is 41.0 Å². The zero-order chi connectivity index (χ0) is 17.4. The normalized spacial score (nSPS) is 24.6. The molecule has 1 aromatic carbocycles. The van der Waals surface area contributed by atoms with Gasteiger partial charge in [-0.15, -0.1) is 0 Å². The van der Waals surface area contributed by atoms with Gasteiger partial charge in [0, 0.05) is 37.0 Å². The Morgan fingerprint density at radius 3 is 2.84 bits per heavy atom. The van der Waals surface area contributed by atoms with Gasteiger partial charge in [0.1, 0.15) is 0 Å². The van der Waals surface area contributed by atoms with Crippen LogP contribution in [0.25, 0.3) is 5.65 Å². The van der Waals surface area contributed by atoms with Gasteiger partial charge in [0.2, 0.25) is 0 Å². The molecule has 1 N–H and O–H groups in total. The molecule has 0 radical (unpaired) electrons. The number of aromatic nitrogens is 3. The molecular formula is C19H22N4O2. The Morgan fingerprint density at radius 2 is 2.04 bits per heavy atom. The Hall–Kier alpha value is -2.44. The molecule has 0 bridgehead atoms. The number of fused-ring (bicyclic) bond motifs is 1. The van der Waals surface area contributed by atoms with E-state index < -0.39 is 0 Å². The van der Waals surface area contributed by atoms with E-state index in [9.17, 15) is 4.79 Å². The lowest BCUT2D eigenvalue weighted by Crippen LogP contribution is -2.50. The fourth-order valence-corrected chi connectivity index (χ4v) is 3.62. The third-order valence-electron chi connectivity index (χ3n) is 4.95. The number of nitrogens with zero attached hydrogens (tertiary/aromatic N) is 3. The molecule has 3 heterocycles. The summed E-state index contributed by atoms with van der Waals surface area (Å²) in [5, 5.41) is 2.87. The summed E-state index contributed by atoms with van der Waals surface area (Å²) in [5.74, 6) is 0. The predicted octanol–water partition coefficient (Wildman–Crippen LogP) is 2.37. The lowest BCUT2D eigenvalue weighted by Gasteiger charge is -2.43. The molecule has 4 rings (SSSR count). The van der Waals surface area contributed by atoms with Gasteiger partial charge in [0.15, 0.2) is 5.65 Å². The maximum Gasteiger partial charge on any atom is 0.272 e. The summed E-state index contributed by atoms with van der Waals surface area (Å²) in [6, 6.07) is 14.2. The summed E-state index contributed by atoms with van der Waals surface area (Å²) in [7, 11) is 0. The fraction of sp³-hybridized carbons (Fsp3) is 0.368.